The predicted octanol–water partition coefficient (Wildman–Crippen LogP) is 1.58. The average Bonchev–Trinajstić information content (AvgIpc) is 3.05. The zero-order chi connectivity index (χ0) is 25.0. The molecule has 9 nitrogen and oxygen atoms in total. The first-order chi connectivity index (χ1) is 17.0. The van der Waals surface area contributed by atoms with E-state index in [-0.39, 0.29) is 43.8 Å². The van der Waals surface area contributed by atoms with Crippen LogP contribution in [-0.2, 0) is 32.0 Å². The smallest absolute Gasteiger partial charge is 0.248 e. The number of hydrogen-bond donors (Lipinski definition) is 0. The van der Waals surface area contributed by atoms with Gasteiger partial charge in [0.05, 0.1) is 18.3 Å². The molecule has 0 saturated carbocycles. The topological polar surface area (TPSA) is 95.9 Å². The van der Waals surface area contributed by atoms with Crippen LogP contribution in [0.2, 0.25) is 0 Å². The summed E-state index contributed by atoms with van der Waals surface area (Å²) in [6.07, 6.45) is 5.75. The minimum Gasteiger partial charge on any atom is -0.365 e. The summed E-state index contributed by atoms with van der Waals surface area (Å²) in [6.45, 7) is 6.11. The van der Waals surface area contributed by atoms with Crippen molar-refractivity contribution in [2.45, 2.75) is 39.2 Å². The maximum atomic E-state index is 13.1. The third-order valence-corrected chi connectivity index (χ3v) is 6.16. The average molecular weight is 482 g/mol. The van der Waals surface area contributed by atoms with E-state index in [0.29, 0.717) is 39.0 Å². The fourth-order valence-electron chi connectivity index (χ4n) is 4.11. The molecular formula is C26H35N5O4. The van der Waals surface area contributed by atoms with Crippen LogP contribution in [0.15, 0.2) is 48.9 Å². The van der Waals surface area contributed by atoms with Crippen molar-refractivity contribution in [3.8, 4) is 0 Å². The second kappa shape index (κ2) is 13.5. The number of ether oxygens (including phenoxy) is 1. The SMILES string of the molecule is CCN(CC)C(=O)COC1CN(CCc2ccccc2)C(=O)CN(C(=O)CCc2cnccn2)C1. The molecule has 1 aromatic heterocycles. The fraction of sp³-hybridized carbons (Fsp3) is 0.500. The number of amides is 3. The van der Waals surface area contributed by atoms with E-state index in [9.17, 15) is 14.4 Å². The lowest BCUT2D eigenvalue weighted by Gasteiger charge is -2.26. The van der Waals surface area contributed by atoms with Crippen molar-refractivity contribution < 1.29 is 19.1 Å². The Balaban J connectivity index is 1.66. The second-order valence-electron chi connectivity index (χ2n) is 8.55. The van der Waals surface area contributed by atoms with Gasteiger partial charge in [-0.25, -0.2) is 0 Å². The Kier molecular flexibility index (Phi) is 10.2. The van der Waals surface area contributed by atoms with Gasteiger partial charge in [0.15, 0.2) is 0 Å². The highest BCUT2D eigenvalue weighted by Crippen LogP contribution is 2.13. The van der Waals surface area contributed by atoms with E-state index in [1.807, 2.05) is 44.2 Å². The second-order valence-corrected chi connectivity index (χ2v) is 8.55. The van der Waals surface area contributed by atoms with Crippen molar-refractivity contribution in [1.29, 1.82) is 0 Å². The predicted molar refractivity (Wildman–Crippen MR) is 131 cm³/mol. The molecule has 1 fully saturated rings. The molecule has 1 atom stereocenters. The zero-order valence-electron chi connectivity index (χ0n) is 20.6. The number of aryl methyl sites for hydroxylation is 1. The molecular weight excluding hydrogens is 446 g/mol. The van der Waals surface area contributed by atoms with E-state index in [2.05, 4.69) is 9.97 Å². The number of likely N-dealkylation sites (N-methyl/N-ethyl adjacent to an activating group) is 1. The molecule has 1 unspecified atom stereocenters. The van der Waals surface area contributed by atoms with E-state index >= 15 is 0 Å². The summed E-state index contributed by atoms with van der Waals surface area (Å²) in [4.78, 5) is 51.8. The molecule has 2 heterocycles. The number of carbonyl (C=O) groups excluding carboxylic acids is 3. The van der Waals surface area contributed by atoms with Gasteiger partial charge in [-0.15, -0.1) is 0 Å². The summed E-state index contributed by atoms with van der Waals surface area (Å²) in [5.74, 6) is -0.352. The van der Waals surface area contributed by atoms with Crippen LogP contribution < -0.4 is 0 Å². The number of aromatic nitrogens is 2. The number of hydrogen-bond acceptors (Lipinski definition) is 6. The van der Waals surface area contributed by atoms with Gasteiger partial charge < -0.3 is 19.4 Å². The van der Waals surface area contributed by atoms with Gasteiger partial charge in [-0.1, -0.05) is 30.3 Å². The van der Waals surface area contributed by atoms with Crippen LogP contribution in [0.1, 0.15) is 31.5 Å². The quantitative estimate of drug-likeness (QED) is 0.484. The lowest BCUT2D eigenvalue weighted by atomic mass is 10.1. The lowest BCUT2D eigenvalue weighted by Crippen LogP contribution is -2.41. The van der Waals surface area contributed by atoms with E-state index in [0.717, 1.165) is 11.3 Å². The molecule has 188 valence electrons. The van der Waals surface area contributed by atoms with Crippen LogP contribution in [0.5, 0.6) is 0 Å². The van der Waals surface area contributed by atoms with Crippen LogP contribution in [0.4, 0.5) is 0 Å². The van der Waals surface area contributed by atoms with Crippen molar-refractivity contribution in [2.75, 3.05) is 45.9 Å². The minimum atomic E-state index is -0.447. The molecule has 1 aliphatic heterocycles. The van der Waals surface area contributed by atoms with Crippen molar-refractivity contribution in [3.05, 3.63) is 60.2 Å². The van der Waals surface area contributed by atoms with Crippen molar-refractivity contribution in [2.24, 2.45) is 0 Å². The van der Waals surface area contributed by atoms with Gasteiger partial charge in [-0.05, 0) is 32.3 Å². The van der Waals surface area contributed by atoms with Gasteiger partial charge in [0, 0.05) is 57.7 Å². The first-order valence-corrected chi connectivity index (χ1v) is 12.2. The molecule has 35 heavy (non-hydrogen) atoms. The number of benzene rings is 1. The van der Waals surface area contributed by atoms with Crippen LogP contribution in [0.3, 0.4) is 0 Å². The normalized spacial score (nSPS) is 16.2. The van der Waals surface area contributed by atoms with Crippen molar-refractivity contribution >= 4 is 17.7 Å². The third-order valence-electron chi connectivity index (χ3n) is 6.16. The molecule has 3 rings (SSSR count). The molecule has 0 radical (unpaired) electrons. The highest BCUT2D eigenvalue weighted by Gasteiger charge is 2.31. The standard InChI is InChI=1S/C26H35N5O4/c1-3-29(4-2)26(34)20-35-23-17-30(15-12-21-8-6-5-7-9-21)25(33)19-31(18-23)24(32)11-10-22-16-27-13-14-28-22/h5-9,13-14,16,23H,3-4,10-12,15,17-20H2,1-2H3. The van der Waals surface area contributed by atoms with Crippen molar-refractivity contribution in [1.82, 2.24) is 24.7 Å². The van der Waals surface area contributed by atoms with Crippen LogP contribution in [-0.4, -0.2) is 94.4 Å². The minimum absolute atomic E-state index is 0.00204. The highest BCUT2D eigenvalue weighted by molar-refractivity contribution is 5.85. The number of nitrogens with zero attached hydrogens (tertiary/aromatic N) is 5. The maximum Gasteiger partial charge on any atom is 0.248 e. The molecule has 9 heteroatoms. The largest absolute Gasteiger partial charge is 0.365 e. The monoisotopic (exact) mass is 481 g/mol. The van der Waals surface area contributed by atoms with Gasteiger partial charge in [0.2, 0.25) is 17.7 Å². The first kappa shape index (κ1) is 26.3. The summed E-state index contributed by atoms with van der Waals surface area (Å²) in [5.41, 5.74) is 1.86. The Morgan fingerprint density at radius 1 is 1.09 bits per heavy atom. The lowest BCUT2D eigenvalue weighted by molar-refractivity contribution is -0.139. The molecule has 0 aliphatic carbocycles. The van der Waals surface area contributed by atoms with E-state index in [1.165, 1.54) is 0 Å². The highest BCUT2D eigenvalue weighted by atomic mass is 16.5. The Morgan fingerprint density at radius 2 is 1.86 bits per heavy atom. The molecule has 2 aromatic rings. The van der Waals surface area contributed by atoms with E-state index in [1.54, 1.807) is 33.3 Å². The molecule has 1 aromatic carbocycles. The number of carbonyl (C=O) groups is 3. The maximum absolute atomic E-state index is 13.1. The summed E-state index contributed by atoms with van der Waals surface area (Å²) >= 11 is 0. The van der Waals surface area contributed by atoms with Gasteiger partial charge in [0.1, 0.15) is 6.61 Å². The first-order valence-electron chi connectivity index (χ1n) is 12.2. The fourth-order valence-corrected chi connectivity index (χ4v) is 4.11. The Bertz CT molecular complexity index is 953. The molecule has 0 N–H and O–H groups in total. The molecule has 1 saturated heterocycles. The van der Waals surface area contributed by atoms with Crippen LogP contribution in [0.25, 0.3) is 0 Å². The summed E-state index contributed by atoms with van der Waals surface area (Å²) in [7, 11) is 0. The molecule has 0 spiro atoms. The Labute approximate surface area is 207 Å². The van der Waals surface area contributed by atoms with Crippen LogP contribution >= 0.6 is 0 Å². The zero-order valence-corrected chi connectivity index (χ0v) is 20.6. The number of rotatable bonds is 11. The van der Waals surface area contributed by atoms with E-state index < -0.39 is 6.10 Å². The van der Waals surface area contributed by atoms with E-state index in [4.69, 9.17) is 4.74 Å². The molecule has 1 aliphatic rings. The van der Waals surface area contributed by atoms with Crippen LogP contribution in [0, 0.1) is 0 Å². The molecule has 0 bridgehead atoms. The van der Waals surface area contributed by atoms with Gasteiger partial charge >= 0.3 is 0 Å². The third kappa shape index (κ3) is 8.13. The summed E-state index contributed by atoms with van der Waals surface area (Å²) in [6, 6.07) is 9.97. The van der Waals surface area contributed by atoms with Gasteiger partial charge in [-0.3, -0.25) is 24.4 Å². The summed E-state index contributed by atoms with van der Waals surface area (Å²) in [5, 5.41) is 0. The van der Waals surface area contributed by atoms with Gasteiger partial charge in [0.25, 0.3) is 0 Å². The Hall–Kier alpha value is -3.33. The Morgan fingerprint density at radius 3 is 2.54 bits per heavy atom. The van der Waals surface area contributed by atoms with Gasteiger partial charge in [-0.2, -0.15) is 0 Å². The summed E-state index contributed by atoms with van der Waals surface area (Å²) < 4.78 is 5.98. The molecule has 3 amide bonds. The van der Waals surface area contributed by atoms with Crippen molar-refractivity contribution in [3.63, 3.8) is 0 Å².